The Morgan fingerprint density at radius 3 is 2.45 bits per heavy atom. The van der Waals surface area contributed by atoms with Gasteiger partial charge in [0.2, 0.25) is 0 Å². The minimum atomic E-state index is -2.95. The molecule has 2 aromatic carbocycles. The van der Waals surface area contributed by atoms with Gasteiger partial charge < -0.3 is 15.1 Å². The molecule has 2 fully saturated rings. The van der Waals surface area contributed by atoms with E-state index in [1.165, 1.54) is 23.0 Å². The molecule has 5 rings (SSSR count). The van der Waals surface area contributed by atoms with Gasteiger partial charge in [0.1, 0.15) is 0 Å². The van der Waals surface area contributed by atoms with E-state index in [1.54, 1.807) is 0 Å². The van der Waals surface area contributed by atoms with E-state index >= 15 is 0 Å². The van der Waals surface area contributed by atoms with Crippen LogP contribution < -0.4 is 10.2 Å². The second-order valence-electron chi connectivity index (χ2n) is 9.07. The number of nitrogens with zero attached hydrogens (tertiary/aromatic N) is 3. The molecule has 7 nitrogen and oxygen atoms in total. The number of benzene rings is 2. The van der Waals surface area contributed by atoms with Crippen LogP contribution in [0.15, 0.2) is 53.5 Å². The van der Waals surface area contributed by atoms with Crippen molar-refractivity contribution in [3.63, 3.8) is 0 Å². The minimum Gasteiger partial charge on any atom is -0.365 e. The zero-order valence-electron chi connectivity index (χ0n) is 18.8. The highest BCUT2D eigenvalue weighted by Gasteiger charge is 2.42. The Morgan fingerprint density at radius 2 is 1.79 bits per heavy atom. The van der Waals surface area contributed by atoms with E-state index in [2.05, 4.69) is 53.3 Å². The Hall–Kier alpha value is -2.52. The number of anilines is 2. The van der Waals surface area contributed by atoms with E-state index in [1.807, 2.05) is 29.2 Å². The van der Waals surface area contributed by atoms with Gasteiger partial charge in [-0.2, -0.15) is 0 Å². The largest absolute Gasteiger partial charge is 0.365 e. The quantitative estimate of drug-likeness (QED) is 0.721. The highest BCUT2D eigenvalue weighted by molar-refractivity contribution is 8.15. The third-order valence-corrected chi connectivity index (χ3v) is 9.62. The number of nitrogens with one attached hydrogen (secondary N) is 1. The summed E-state index contributed by atoms with van der Waals surface area (Å²) >= 11 is 1.49. The van der Waals surface area contributed by atoms with Crippen molar-refractivity contribution < 1.29 is 13.2 Å². The number of sulfone groups is 1. The Bertz CT molecular complexity index is 1180. The van der Waals surface area contributed by atoms with Crippen molar-refractivity contribution in [2.24, 2.45) is 4.99 Å². The fraction of sp³-hybridized carbons (Fsp3) is 0.417. The van der Waals surface area contributed by atoms with Gasteiger partial charge in [-0.25, -0.2) is 8.42 Å². The molecule has 3 aliphatic heterocycles. The van der Waals surface area contributed by atoms with Crippen LogP contribution in [0.5, 0.6) is 0 Å². The predicted octanol–water partition coefficient (Wildman–Crippen LogP) is 3.03. The number of rotatable bonds is 3. The van der Waals surface area contributed by atoms with Gasteiger partial charge in [0.05, 0.1) is 17.5 Å². The molecule has 0 aromatic heterocycles. The number of hydrogen-bond donors (Lipinski definition) is 1. The van der Waals surface area contributed by atoms with Crippen LogP contribution in [-0.2, 0) is 9.84 Å². The van der Waals surface area contributed by atoms with E-state index in [0.717, 1.165) is 17.4 Å². The molecular weight excluding hydrogens is 456 g/mol. The molecule has 2 saturated heterocycles. The lowest BCUT2D eigenvalue weighted by Crippen LogP contribution is -2.53. The second kappa shape index (κ2) is 8.68. The normalized spacial score (nSPS) is 26.1. The number of aryl methyl sites for hydroxylation is 1. The van der Waals surface area contributed by atoms with Crippen molar-refractivity contribution >= 4 is 44.0 Å². The summed E-state index contributed by atoms with van der Waals surface area (Å²) in [5.41, 5.74) is 3.95. The molecule has 1 amide bonds. The van der Waals surface area contributed by atoms with Crippen molar-refractivity contribution in [3.05, 3.63) is 59.7 Å². The molecule has 0 radical (unpaired) electrons. The third-order valence-electron chi connectivity index (χ3n) is 6.48. The first-order valence-electron chi connectivity index (χ1n) is 11.2. The predicted molar refractivity (Wildman–Crippen MR) is 135 cm³/mol. The summed E-state index contributed by atoms with van der Waals surface area (Å²) in [6.45, 7) is 6.43. The molecule has 0 unspecified atom stereocenters. The lowest BCUT2D eigenvalue weighted by molar-refractivity contribution is 0.0726. The van der Waals surface area contributed by atoms with Crippen molar-refractivity contribution in [1.82, 2.24) is 4.90 Å². The Balaban J connectivity index is 1.19. The van der Waals surface area contributed by atoms with Gasteiger partial charge in [0, 0.05) is 47.9 Å². The van der Waals surface area contributed by atoms with Crippen molar-refractivity contribution in [1.29, 1.82) is 0 Å². The number of aliphatic imine (C=N–C) groups is 1. The molecule has 0 bridgehead atoms. The minimum absolute atomic E-state index is 0.0129. The molecule has 3 heterocycles. The lowest BCUT2D eigenvalue weighted by Gasteiger charge is -2.41. The first-order valence-corrected chi connectivity index (χ1v) is 13.9. The summed E-state index contributed by atoms with van der Waals surface area (Å²) in [5, 5.41) is 4.03. The van der Waals surface area contributed by atoms with Gasteiger partial charge in [-0.05, 0) is 50.2 Å². The number of carbonyl (C=O) groups excluding carboxylic acids is 1. The van der Waals surface area contributed by atoms with Crippen LogP contribution in [0, 0.1) is 6.92 Å². The first kappa shape index (κ1) is 22.3. The van der Waals surface area contributed by atoms with Crippen molar-refractivity contribution in [2.75, 3.05) is 41.4 Å². The van der Waals surface area contributed by atoms with Crippen LogP contribution in [0.4, 0.5) is 11.4 Å². The molecule has 2 aromatic rings. The summed E-state index contributed by atoms with van der Waals surface area (Å²) < 4.78 is 23.4. The average Bonchev–Trinajstić information content (AvgIpc) is 3.27. The average molecular weight is 485 g/mol. The second-order valence-corrected chi connectivity index (χ2v) is 12.4. The van der Waals surface area contributed by atoms with Gasteiger partial charge >= 0.3 is 0 Å². The van der Waals surface area contributed by atoms with Crippen molar-refractivity contribution in [3.8, 4) is 0 Å². The number of amides is 1. The zero-order valence-corrected chi connectivity index (χ0v) is 20.4. The van der Waals surface area contributed by atoms with E-state index in [-0.39, 0.29) is 34.7 Å². The van der Waals surface area contributed by atoms with Gasteiger partial charge in [-0.1, -0.05) is 29.5 Å². The van der Waals surface area contributed by atoms with Crippen molar-refractivity contribution in [2.45, 2.75) is 31.2 Å². The summed E-state index contributed by atoms with van der Waals surface area (Å²) in [4.78, 5) is 21.9. The maximum absolute atomic E-state index is 13.1. The molecule has 9 heteroatoms. The molecule has 0 spiro atoms. The lowest BCUT2D eigenvalue weighted by atomic mass is 10.1. The van der Waals surface area contributed by atoms with Gasteiger partial charge in [0.25, 0.3) is 5.91 Å². The summed E-state index contributed by atoms with van der Waals surface area (Å²) in [5.74, 6) is 0.378. The summed E-state index contributed by atoms with van der Waals surface area (Å²) in [7, 11) is -2.95. The highest BCUT2D eigenvalue weighted by Crippen LogP contribution is 2.34. The smallest absolute Gasteiger partial charge is 0.253 e. The zero-order chi connectivity index (χ0) is 23.2. The summed E-state index contributed by atoms with van der Waals surface area (Å²) in [6, 6.07) is 16.1. The fourth-order valence-electron chi connectivity index (χ4n) is 4.68. The number of thioether (sulfide) groups is 1. The van der Waals surface area contributed by atoms with Crippen LogP contribution in [0.1, 0.15) is 22.8 Å². The molecule has 0 saturated carbocycles. The number of carbonyl (C=O) groups is 1. The van der Waals surface area contributed by atoms with Crippen LogP contribution >= 0.6 is 11.8 Å². The van der Waals surface area contributed by atoms with Gasteiger partial charge in [0.15, 0.2) is 15.0 Å². The molecule has 1 N–H and O–H groups in total. The van der Waals surface area contributed by atoms with E-state index < -0.39 is 9.84 Å². The first-order chi connectivity index (χ1) is 15.8. The molecule has 3 atom stereocenters. The molecule has 33 heavy (non-hydrogen) atoms. The topological polar surface area (TPSA) is 82.1 Å². The van der Waals surface area contributed by atoms with Crippen LogP contribution in [0.2, 0.25) is 0 Å². The Kier molecular flexibility index (Phi) is 5.86. The molecule has 0 aliphatic carbocycles. The Morgan fingerprint density at radius 1 is 1.06 bits per heavy atom. The molecule has 3 aliphatic rings. The number of amidine groups is 1. The van der Waals surface area contributed by atoms with E-state index in [4.69, 9.17) is 0 Å². The maximum atomic E-state index is 13.1. The van der Waals surface area contributed by atoms with Gasteiger partial charge in [-0.15, -0.1) is 0 Å². The number of piperazine rings is 1. The van der Waals surface area contributed by atoms with Crippen LogP contribution in [0.25, 0.3) is 0 Å². The number of hydrogen-bond acceptors (Lipinski definition) is 7. The number of fused-ring (bicyclic) bond motifs is 1. The Labute approximate surface area is 199 Å². The van der Waals surface area contributed by atoms with E-state index in [0.29, 0.717) is 18.7 Å². The van der Waals surface area contributed by atoms with Crippen LogP contribution in [0.3, 0.4) is 0 Å². The third kappa shape index (κ3) is 4.75. The maximum Gasteiger partial charge on any atom is 0.253 e. The molecular formula is C24H28N4O3S2. The summed E-state index contributed by atoms with van der Waals surface area (Å²) in [6.07, 6.45) is 0. The van der Waals surface area contributed by atoms with E-state index in [9.17, 15) is 13.2 Å². The monoisotopic (exact) mass is 484 g/mol. The standard InChI is InChI=1S/C24H28N4O3S2/c1-16-3-9-20(10-4-16)28-12-11-27(13-17(28)2)23(29)18-5-7-19(8-6-18)25-24-26-21-14-33(30,31)15-22(21)32-24/h3-10,17,21-22H,11-15H2,1-2H3,(H,25,26)/t17-,21-,22+/m1/s1. The highest BCUT2D eigenvalue weighted by atomic mass is 32.2. The fourth-order valence-corrected chi connectivity index (χ4v) is 8.36. The van der Waals surface area contributed by atoms with Crippen LogP contribution in [-0.4, -0.2) is 72.9 Å². The molecule has 174 valence electrons. The van der Waals surface area contributed by atoms with Gasteiger partial charge in [-0.3, -0.25) is 9.79 Å². The SMILES string of the molecule is Cc1ccc(N2CCN(C(=O)c3ccc(NC4=N[C@@H]5CS(=O)(=O)C[C@@H]5S4)cc3)C[C@H]2C)cc1.